The summed E-state index contributed by atoms with van der Waals surface area (Å²) in [6, 6.07) is 0.868. The van der Waals surface area contributed by atoms with Crippen molar-refractivity contribution in [2.45, 2.75) is 6.92 Å². The molecule has 0 radical (unpaired) electrons. The molecule has 0 heterocycles. The van der Waals surface area contributed by atoms with Gasteiger partial charge in [0.25, 0.3) is 0 Å². The quantitative estimate of drug-likeness (QED) is 0.439. The molecule has 0 fully saturated rings. The van der Waals surface area contributed by atoms with Crippen LogP contribution in [0.1, 0.15) is 17.3 Å². The predicted molar refractivity (Wildman–Crippen MR) is 51.8 cm³/mol. The Morgan fingerprint density at radius 3 is 2.31 bits per heavy atom. The lowest BCUT2D eigenvalue weighted by molar-refractivity contribution is 0.101. The van der Waals surface area contributed by atoms with Gasteiger partial charge in [0.15, 0.2) is 5.78 Å². The molecule has 0 atom stereocenters. The summed E-state index contributed by atoms with van der Waals surface area (Å²) in [5, 5.41) is 0. The Morgan fingerprint density at radius 1 is 1.31 bits per heavy atom. The van der Waals surface area contributed by atoms with Crippen LogP contribution in [0, 0.1) is 11.6 Å². The van der Waals surface area contributed by atoms with Gasteiger partial charge in [0, 0.05) is 0 Å². The van der Waals surface area contributed by atoms with Crippen molar-refractivity contribution in [2.24, 2.45) is 0 Å². The van der Waals surface area contributed by atoms with Gasteiger partial charge in [-0.05, 0) is 44.8 Å². The van der Waals surface area contributed by atoms with Gasteiger partial charge in [-0.3, -0.25) is 4.79 Å². The molecule has 0 N–H and O–H groups in total. The first kappa shape index (κ1) is 10.8. The van der Waals surface area contributed by atoms with Crippen LogP contribution in [0.15, 0.2) is 15.0 Å². The Hall–Kier alpha value is -0.290. The van der Waals surface area contributed by atoms with Crippen LogP contribution in [0.4, 0.5) is 8.78 Å². The highest BCUT2D eigenvalue weighted by molar-refractivity contribution is 9.13. The van der Waals surface area contributed by atoms with E-state index in [2.05, 4.69) is 31.9 Å². The SMILES string of the molecule is CC(=O)c1cc(F)c(Br)c(Br)c1F. The van der Waals surface area contributed by atoms with Crippen LogP contribution in [0.3, 0.4) is 0 Å². The highest BCUT2D eigenvalue weighted by atomic mass is 79.9. The lowest BCUT2D eigenvalue weighted by atomic mass is 10.1. The maximum Gasteiger partial charge on any atom is 0.162 e. The van der Waals surface area contributed by atoms with Gasteiger partial charge < -0.3 is 0 Å². The fourth-order valence-electron chi connectivity index (χ4n) is 0.829. The van der Waals surface area contributed by atoms with Gasteiger partial charge in [-0.25, -0.2) is 8.78 Å². The first-order valence-electron chi connectivity index (χ1n) is 3.29. The molecule has 0 aromatic heterocycles. The number of carbonyl (C=O) groups is 1. The molecule has 13 heavy (non-hydrogen) atoms. The minimum absolute atomic E-state index is 0.0185. The maximum atomic E-state index is 13.2. The van der Waals surface area contributed by atoms with Crippen molar-refractivity contribution in [1.82, 2.24) is 0 Å². The second-order valence-electron chi connectivity index (χ2n) is 2.40. The summed E-state index contributed by atoms with van der Waals surface area (Å²) in [7, 11) is 0. The maximum absolute atomic E-state index is 13.2. The van der Waals surface area contributed by atoms with Crippen LogP contribution < -0.4 is 0 Å². The highest BCUT2D eigenvalue weighted by Crippen LogP contribution is 2.30. The third kappa shape index (κ3) is 1.96. The topological polar surface area (TPSA) is 17.1 Å². The van der Waals surface area contributed by atoms with Crippen molar-refractivity contribution in [2.75, 3.05) is 0 Å². The first-order valence-corrected chi connectivity index (χ1v) is 4.87. The Bertz CT molecular complexity index is 377. The number of carbonyl (C=O) groups excluding carboxylic acids is 1. The molecule has 0 saturated carbocycles. The Labute approximate surface area is 90.4 Å². The van der Waals surface area contributed by atoms with Crippen LogP contribution in [-0.2, 0) is 0 Å². The average Bonchev–Trinajstić information content (AvgIpc) is 2.07. The molecule has 0 saturated heterocycles. The molecule has 0 unspecified atom stereocenters. The lowest BCUT2D eigenvalue weighted by Gasteiger charge is -2.04. The van der Waals surface area contributed by atoms with E-state index in [1.54, 1.807) is 0 Å². The van der Waals surface area contributed by atoms with Crippen molar-refractivity contribution in [3.63, 3.8) is 0 Å². The summed E-state index contributed by atoms with van der Waals surface area (Å²) in [5.74, 6) is -1.93. The number of Topliss-reactive ketones (excluding diaryl/α,β-unsaturated/α-hetero) is 1. The molecule has 1 aromatic carbocycles. The molecule has 0 aliphatic rings. The van der Waals surface area contributed by atoms with E-state index in [0.29, 0.717) is 0 Å². The van der Waals surface area contributed by atoms with Crippen LogP contribution in [0.2, 0.25) is 0 Å². The molecule has 0 bridgehead atoms. The summed E-state index contributed by atoms with van der Waals surface area (Å²) < 4.78 is 26.1. The predicted octanol–water partition coefficient (Wildman–Crippen LogP) is 3.69. The zero-order valence-electron chi connectivity index (χ0n) is 6.50. The fraction of sp³-hybridized carbons (Fsp3) is 0.125. The van der Waals surface area contributed by atoms with Crippen molar-refractivity contribution in [3.8, 4) is 0 Å². The van der Waals surface area contributed by atoms with Crippen LogP contribution in [0.5, 0.6) is 0 Å². The Morgan fingerprint density at radius 2 is 1.85 bits per heavy atom. The van der Waals surface area contributed by atoms with E-state index in [1.165, 1.54) is 6.92 Å². The zero-order valence-corrected chi connectivity index (χ0v) is 9.67. The van der Waals surface area contributed by atoms with Crippen molar-refractivity contribution in [3.05, 3.63) is 32.2 Å². The smallest absolute Gasteiger partial charge is 0.162 e. The number of benzene rings is 1. The van der Waals surface area contributed by atoms with Crippen LogP contribution >= 0.6 is 31.9 Å². The largest absolute Gasteiger partial charge is 0.294 e. The Balaban J connectivity index is 3.50. The normalized spacial score (nSPS) is 10.2. The molecule has 0 aliphatic heterocycles. The second kappa shape index (κ2) is 3.84. The van der Waals surface area contributed by atoms with Crippen molar-refractivity contribution >= 4 is 37.6 Å². The zero-order chi connectivity index (χ0) is 10.2. The minimum atomic E-state index is -0.749. The molecule has 70 valence electrons. The highest BCUT2D eigenvalue weighted by Gasteiger charge is 2.17. The van der Waals surface area contributed by atoms with E-state index in [1.807, 2.05) is 0 Å². The van der Waals surface area contributed by atoms with E-state index in [4.69, 9.17) is 0 Å². The lowest BCUT2D eigenvalue weighted by Crippen LogP contribution is -2.00. The van der Waals surface area contributed by atoms with E-state index < -0.39 is 17.4 Å². The summed E-state index contributed by atoms with van der Waals surface area (Å²) in [4.78, 5) is 10.8. The minimum Gasteiger partial charge on any atom is -0.294 e. The van der Waals surface area contributed by atoms with Crippen LogP contribution in [-0.4, -0.2) is 5.78 Å². The number of rotatable bonds is 1. The molecule has 1 rings (SSSR count). The van der Waals surface area contributed by atoms with Gasteiger partial charge in [0.1, 0.15) is 11.6 Å². The van der Waals surface area contributed by atoms with Gasteiger partial charge in [0.05, 0.1) is 14.5 Å². The van der Waals surface area contributed by atoms with E-state index in [9.17, 15) is 13.6 Å². The molecule has 1 aromatic rings. The van der Waals surface area contributed by atoms with Gasteiger partial charge in [-0.1, -0.05) is 0 Å². The summed E-state index contributed by atoms with van der Waals surface area (Å²) in [5.41, 5.74) is -0.257. The van der Waals surface area contributed by atoms with E-state index in [0.717, 1.165) is 6.07 Å². The molecular weight excluding hydrogens is 310 g/mol. The third-order valence-electron chi connectivity index (χ3n) is 1.48. The molecule has 0 amide bonds. The summed E-state index contributed by atoms with van der Waals surface area (Å²) in [6.07, 6.45) is 0. The monoisotopic (exact) mass is 312 g/mol. The number of halogens is 4. The first-order chi connectivity index (χ1) is 5.95. The number of hydrogen-bond donors (Lipinski definition) is 0. The summed E-state index contributed by atoms with van der Waals surface area (Å²) >= 11 is 5.68. The molecule has 1 nitrogen and oxygen atoms in total. The number of ketones is 1. The standard InChI is InChI=1S/C8H4Br2F2O/c1-3(13)4-2-5(11)6(9)7(10)8(4)12/h2H,1H3. The van der Waals surface area contributed by atoms with E-state index in [-0.39, 0.29) is 14.5 Å². The van der Waals surface area contributed by atoms with Gasteiger partial charge in [-0.15, -0.1) is 0 Å². The van der Waals surface area contributed by atoms with Crippen LogP contribution in [0.25, 0.3) is 0 Å². The van der Waals surface area contributed by atoms with Gasteiger partial charge in [-0.2, -0.15) is 0 Å². The summed E-state index contributed by atoms with van der Waals surface area (Å²) in [6.45, 7) is 1.18. The molecular formula is C8H4Br2F2O. The number of hydrogen-bond acceptors (Lipinski definition) is 1. The van der Waals surface area contributed by atoms with Crippen molar-refractivity contribution < 1.29 is 13.6 Å². The second-order valence-corrected chi connectivity index (χ2v) is 3.99. The Kier molecular flexibility index (Phi) is 3.18. The van der Waals surface area contributed by atoms with E-state index >= 15 is 0 Å². The molecule has 0 aliphatic carbocycles. The molecule has 5 heteroatoms. The fourth-order valence-corrected chi connectivity index (χ4v) is 1.52. The van der Waals surface area contributed by atoms with Gasteiger partial charge in [0.2, 0.25) is 0 Å². The molecule has 0 spiro atoms. The van der Waals surface area contributed by atoms with Crippen molar-refractivity contribution in [1.29, 1.82) is 0 Å². The van der Waals surface area contributed by atoms with Gasteiger partial charge >= 0.3 is 0 Å². The third-order valence-corrected chi connectivity index (χ3v) is 3.53. The average molecular weight is 314 g/mol.